The predicted molar refractivity (Wildman–Crippen MR) is 127 cm³/mol. The number of anilines is 1. The molecule has 1 aliphatic rings. The number of rotatable bonds is 8. The summed E-state index contributed by atoms with van der Waals surface area (Å²) in [5.74, 6) is -2.03. The third-order valence-electron chi connectivity index (χ3n) is 6.06. The summed E-state index contributed by atoms with van der Waals surface area (Å²) in [5.41, 5.74) is 1.07. The summed E-state index contributed by atoms with van der Waals surface area (Å²) in [7, 11) is 0. The first-order valence-electron chi connectivity index (χ1n) is 11.5. The Hall–Kier alpha value is -4.01. The topological polar surface area (TPSA) is 105 Å². The van der Waals surface area contributed by atoms with Gasteiger partial charge in [-0.2, -0.15) is 0 Å². The van der Waals surface area contributed by atoms with Crippen molar-refractivity contribution in [2.45, 2.75) is 44.7 Å². The SMILES string of the molecule is Cc1ccc(N(C(=O)CNC(=O)c2ccco2)[C@H](C(=O)NC2CCCC2)c2cccnc2)cc1F. The molecule has 182 valence electrons. The Morgan fingerprint density at radius 3 is 2.63 bits per heavy atom. The average molecular weight is 479 g/mol. The second kappa shape index (κ2) is 10.9. The van der Waals surface area contributed by atoms with E-state index in [1.54, 1.807) is 43.5 Å². The third kappa shape index (κ3) is 5.74. The van der Waals surface area contributed by atoms with Crippen LogP contribution >= 0.6 is 0 Å². The van der Waals surface area contributed by atoms with Crippen molar-refractivity contribution in [2.75, 3.05) is 11.4 Å². The van der Waals surface area contributed by atoms with E-state index in [2.05, 4.69) is 15.6 Å². The molecule has 0 aliphatic heterocycles. The van der Waals surface area contributed by atoms with Crippen LogP contribution in [0.15, 0.2) is 65.5 Å². The molecule has 2 heterocycles. The minimum atomic E-state index is -1.11. The van der Waals surface area contributed by atoms with Gasteiger partial charge in [0.15, 0.2) is 5.76 Å². The standard InChI is InChI=1S/C26H27FN4O4/c1-17-10-11-20(14-21(17)27)31(23(32)16-29-25(33)22-9-5-13-35-22)24(18-6-4-12-28-15-18)26(34)30-19-7-2-3-8-19/h4-6,9-15,19,24H,2-3,7-8,16H2,1H3,(H,29,33)(H,30,34)/t24-/m0/s1. The maximum Gasteiger partial charge on any atom is 0.287 e. The summed E-state index contributed by atoms with van der Waals surface area (Å²) in [6.45, 7) is 1.18. The third-order valence-corrected chi connectivity index (χ3v) is 6.06. The lowest BCUT2D eigenvalue weighted by atomic mass is 10.0. The molecule has 0 unspecified atom stereocenters. The van der Waals surface area contributed by atoms with Gasteiger partial charge in [-0.15, -0.1) is 0 Å². The Labute approximate surface area is 202 Å². The predicted octanol–water partition coefficient (Wildman–Crippen LogP) is 3.69. The molecular formula is C26H27FN4O4. The monoisotopic (exact) mass is 478 g/mol. The zero-order chi connectivity index (χ0) is 24.8. The number of aryl methyl sites for hydroxylation is 1. The summed E-state index contributed by atoms with van der Waals surface area (Å²) < 4.78 is 19.6. The minimum Gasteiger partial charge on any atom is -0.459 e. The molecule has 0 spiro atoms. The van der Waals surface area contributed by atoms with Crippen LogP contribution in [0.1, 0.15) is 53.4 Å². The van der Waals surface area contributed by atoms with Crippen molar-refractivity contribution in [3.05, 3.63) is 83.8 Å². The van der Waals surface area contributed by atoms with E-state index in [4.69, 9.17) is 4.42 Å². The number of aromatic nitrogens is 1. The number of carbonyl (C=O) groups is 3. The number of nitrogens with one attached hydrogen (secondary N) is 2. The Bertz CT molecular complexity index is 1180. The van der Waals surface area contributed by atoms with Crippen LogP contribution in [0.3, 0.4) is 0 Å². The van der Waals surface area contributed by atoms with Gasteiger partial charge in [0, 0.05) is 29.7 Å². The van der Waals surface area contributed by atoms with Crippen LogP contribution in [-0.2, 0) is 9.59 Å². The van der Waals surface area contributed by atoms with Crippen LogP contribution in [0.25, 0.3) is 0 Å². The summed E-state index contributed by atoms with van der Waals surface area (Å²) in [5, 5.41) is 5.55. The Morgan fingerprint density at radius 2 is 1.97 bits per heavy atom. The molecule has 35 heavy (non-hydrogen) atoms. The van der Waals surface area contributed by atoms with Gasteiger partial charge in [0.1, 0.15) is 11.9 Å². The highest BCUT2D eigenvalue weighted by Gasteiger charge is 2.35. The largest absolute Gasteiger partial charge is 0.459 e. The van der Waals surface area contributed by atoms with Crippen molar-refractivity contribution in [3.63, 3.8) is 0 Å². The van der Waals surface area contributed by atoms with E-state index in [0.717, 1.165) is 25.7 Å². The first kappa shape index (κ1) is 24.1. The number of nitrogens with zero attached hydrogens (tertiary/aromatic N) is 2. The van der Waals surface area contributed by atoms with E-state index in [9.17, 15) is 18.8 Å². The normalized spacial score (nSPS) is 14.3. The summed E-state index contributed by atoms with van der Waals surface area (Å²) >= 11 is 0. The molecule has 4 rings (SSSR count). The second-order valence-electron chi connectivity index (χ2n) is 8.54. The summed E-state index contributed by atoms with van der Waals surface area (Å²) in [6.07, 6.45) is 8.18. The van der Waals surface area contributed by atoms with Crippen LogP contribution in [-0.4, -0.2) is 35.3 Å². The number of benzene rings is 1. The van der Waals surface area contributed by atoms with Gasteiger partial charge in [0.2, 0.25) is 11.8 Å². The molecule has 1 aromatic carbocycles. The molecule has 2 aromatic heterocycles. The van der Waals surface area contributed by atoms with E-state index in [-0.39, 0.29) is 17.5 Å². The van der Waals surface area contributed by atoms with Crippen molar-refractivity contribution in [1.82, 2.24) is 15.6 Å². The van der Waals surface area contributed by atoms with Gasteiger partial charge in [0.25, 0.3) is 5.91 Å². The first-order chi connectivity index (χ1) is 16.9. The van der Waals surface area contributed by atoms with E-state index >= 15 is 0 Å². The molecule has 0 saturated heterocycles. The van der Waals surface area contributed by atoms with Crippen LogP contribution in [0.4, 0.5) is 10.1 Å². The fraction of sp³-hybridized carbons (Fsp3) is 0.308. The summed E-state index contributed by atoms with van der Waals surface area (Å²) in [4.78, 5) is 44.8. The van der Waals surface area contributed by atoms with Gasteiger partial charge in [0.05, 0.1) is 12.8 Å². The lowest BCUT2D eigenvalue weighted by molar-refractivity contribution is -0.126. The van der Waals surface area contributed by atoms with Gasteiger partial charge in [-0.25, -0.2) is 4.39 Å². The number of hydrogen-bond acceptors (Lipinski definition) is 5. The molecule has 0 bridgehead atoms. The fourth-order valence-corrected chi connectivity index (χ4v) is 4.21. The van der Waals surface area contributed by atoms with Gasteiger partial charge >= 0.3 is 0 Å². The van der Waals surface area contributed by atoms with Crippen LogP contribution in [0, 0.1) is 12.7 Å². The van der Waals surface area contributed by atoms with Crippen molar-refractivity contribution in [1.29, 1.82) is 0 Å². The van der Waals surface area contributed by atoms with Crippen molar-refractivity contribution < 1.29 is 23.2 Å². The zero-order valence-corrected chi connectivity index (χ0v) is 19.4. The Morgan fingerprint density at radius 1 is 1.17 bits per heavy atom. The average Bonchev–Trinajstić information content (AvgIpc) is 3.58. The van der Waals surface area contributed by atoms with E-state index in [0.29, 0.717) is 11.1 Å². The highest BCUT2D eigenvalue weighted by Crippen LogP contribution is 2.30. The molecule has 1 fully saturated rings. The maximum atomic E-state index is 14.6. The molecule has 2 N–H and O–H groups in total. The van der Waals surface area contributed by atoms with E-state index in [1.807, 2.05) is 0 Å². The number of pyridine rings is 1. The molecule has 9 heteroatoms. The van der Waals surface area contributed by atoms with Crippen molar-refractivity contribution in [3.8, 4) is 0 Å². The van der Waals surface area contributed by atoms with Crippen LogP contribution in [0.5, 0.6) is 0 Å². The molecular weight excluding hydrogens is 451 g/mol. The lowest BCUT2D eigenvalue weighted by Gasteiger charge is -2.32. The lowest BCUT2D eigenvalue weighted by Crippen LogP contribution is -2.49. The van der Waals surface area contributed by atoms with Crippen LogP contribution < -0.4 is 15.5 Å². The number of hydrogen-bond donors (Lipinski definition) is 2. The highest BCUT2D eigenvalue weighted by molar-refractivity contribution is 6.04. The smallest absolute Gasteiger partial charge is 0.287 e. The van der Waals surface area contributed by atoms with Crippen molar-refractivity contribution in [2.24, 2.45) is 0 Å². The molecule has 8 nitrogen and oxygen atoms in total. The van der Waals surface area contributed by atoms with Crippen molar-refractivity contribution >= 4 is 23.4 Å². The second-order valence-corrected chi connectivity index (χ2v) is 8.54. The molecule has 1 aliphatic carbocycles. The minimum absolute atomic E-state index is 0.00651. The number of furan rings is 1. The summed E-state index contributed by atoms with van der Waals surface area (Å²) in [6, 6.07) is 9.63. The molecule has 1 atom stereocenters. The molecule has 3 amide bonds. The van der Waals surface area contributed by atoms with E-state index < -0.39 is 36.1 Å². The molecule has 1 saturated carbocycles. The molecule has 3 aromatic rings. The number of carbonyl (C=O) groups excluding carboxylic acids is 3. The Balaban J connectivity index is 1.69. The quantitative estimate of drug-likeness (QED) is 0.514. The van der Waals surface area contributed by atoms with Crippen LogP contribution in [0.2, 0.25) is 0 Å². The first-order valence-corrected chi connectivity index (χ1v) is 11.5. The van der Waals surface area contributed by atoms with Gasteiger partial charge in [-0.1, -0.05) is 25.0 Å². The Kier molecular flexibility index (Phi) is 7.54. The highest BCUT2D eigenvalue weighted by atomic mass is 19.1. The maximum absolute atomic E-state index is 14.6. The van der Waals surface area contributed by atoms with Gasteiger partial charge in [-0.3, -0.25) is 24.3 Å². The van der Waals surface area contributed by atoms with Gasteiger partial charge < -0.3 is 15.1 Å². The van der Waals surface area contributed by atoms with E-state index in [1.165, 1.54) is 29.5 Å². The number of amides is 3. The fourth-order valence-electron chi connectivity index (χ4n) is 4.21. The van der Waals surface area contributed by atoms with Gasteiger partial charge in [-0.05, 0) is 55.7 Å². The molecule has 0 radical (unpaired) electrons. The zero-order valence-electron chi connectivity index (χ0n) is 19.4. The number of halogens is 1.